The van der Waals surface area contributed by atoms with Crippen LogP contribution < -0.4 is 24.4 Å². The molecule has 0 fully saturated rings. The van der Waals surface area contributed by atoms with Gasteiger partial charge in [-0.05, 0) is 68.3 Å². The number of carbonyl (C=O) groups excluding carboxylic acids is 1. The Morgan fingerprint density at radius 2 is 1.77 bits per heavy atom. The summed E-state index contributed by atoms with van der Waals surface area (Å²) in [7, 11) is 1.57. The number of hydrogen-bond acceptors (Lipinski definition) is 7. The lowest BCUT2D eigenvalue weighted by atomic mass is 9.94. The standard InChI is InChI=1S/C34H33N3O6S/c1-5-36(6-2)32(39)29-21(3)35-34-37(30(29)26-12-7-8-13-27(26)42-4)31(38)28(44-34)19-22-14-16-25(17-15-22)43-20-23-10-9-11-24(18-23)33(40)41/h7-19,30H,5-6,20H2,1-4H3,(H,40,41)/b28-19+/t30-/m1/s1. The first-order valence-corrected chi connectivity index (χ1v) is 15.1. The van der Waals surface area contributed by atoms with Crippen LogP contribution in [0.1, 0.15) is 53.9 Å². The predicted octanol–water partition coefficient (Wildman–Crippen LogP) is 4.39. The fourth-order valence-electron chi connectivity index (χ4n) is 5.24. The second kappa shape index (κ2) is 13.1. The van der Waals surface area contributed by atoms with E-state index in [1.54, 1.807) is 46.9 Å². The molecule has 4 aromatic rings. The van der Waals surface area contributed by atoms with Gasteiger partial charge in [0.2, 0.25) is 0 Å². The Bertz CT molecular complexity index is 1920. The van der Waals surface area contributed by atoms with E-state index in [9.17, 15) is 19.5 Å². The molecule has 2 heterocycles. The highest BCUT2D eigenvalue weighted by molar-refractivity contribution is 7.07. The first-order valence-electron chi connectivity index (χ1n) is 14.3. The first kappa shape index (κ1) is 30.5. The highest BCUT2D eigenvalue weighted by Crippen LogP contribution is 2.36. The summed E-state index contributed by atoms with van der Waals surface area (Å²) in [6.45, 7) is 6.95. The maximum atomic E-state index is 14.0. The summed E-state index contributed by atoms with van der Waals surface area (Å²) in [5.74, 6) is 0.0388. The topological polar surface area (TPSA) is 110 Å². The van der Waals surface area contributed by atoms with E-state index in [-0.39, 0.29) is 23.6 Å². The van der Waals surface area contributed by atoms with Crippen LogP contribution in [-0.2, 0) is 11.4 Å². The second-order valence-electron chi connectivity index (χ2n) is 10.2. The molecular formula is C34H33N3O6S. The fourth-order valence-corrected chi connectivity index (χ4v) is 6.28. The summed E-state index contributed by atoms with van der Waals surface area (Å²) < 4.78 is 13.6. The van der Waals surface area contributed by atoms with E-state index in [2.05, 4.69) is 0 Å². The van der Waals surface area contributed by atoms with Crippen molar-refractivity contribution >= 4 is 29.3 Å². The van der Waals surface area contributed by atoms with E-state index in [0.29, 0.717) is 50.8 Å². The summed E-state index contributed by atoms with van der Waals surface area (Å²) in [5.41, 5.74) is 3.22. The summed E-state index contributed by atoms with van der Waals surface area (Å²) in [4.78, 5) is 46.0. The van der Waals surface area contributed by atoms with Crippen molar-refractivity contribution in [3.63, 3.8) is 0 Å². The molecule has 0 aliphatic carbocycles. The van der Waals surface area contributed by atoms with E-state index >= 15 is 0 Å². The molecule has 10 heteroatoms. The van der Waals surface area contributed by atoms with Gasteiger partial charge in [0, 0.05) is 18.7 Å². The zero-order valence-electron chi connectivity index (χ0n) is 24.9. The maximum Gasteiger partial charge on any atom is 0.335 e. The van der Waals surface area contributed by atoms with Gasteiger partial charge in [-0.25, -0.2) is 9.79 Å². The molecule has 1 N–H and O–H groups in total. The van der Waals surface area contributed by atoms with Crippen molar-refractivity contribution in [2.45, 2.75) is 33.4 Å². The van der Waals surface area contributed by atoms with E-state index in [4.69, 9.17) is 14.5 Å². The number of carboxylic acids is 1. The van der Waals surface area contributed by atoms with Crippen LogP contribution in [-0.4, -0.2) is 46.6 Å². The number of allylic oxidation sites excluding steroid dienone is 1. The van der Waals surface area contributed by atoms with Crippen LogP contribution in [0.25, 0.3) is 6.08 Å². The van der Waals surface area contributed by atoms with Crippen molar-refractivity contribution in [2.24, 2.45) is 4.99 Å². The molecular weight excluding hydrogens is 578 g/mol. The number of fused-ring (bicyclic) bond motifs is 1. The quantitative estimate of drug-likeness (QED) is 0.285. The molecule has 1 aromatic heterocycles. The Morgan fingerprint density at radius 3 is 2.45 bits per heavy atom. The highest BCUT2D eigenvalue weighted by atomic mass is 32.1. The van der Waals surface area contributed by atoms with Gasteiger partial charge < -0.3 is 19.5 Å². The molecule has 9 nitrogen and oxygen atoms in total. The van der Waals surface area contributed by atoms with Crippen molar-refractivity contribution in [1.29, 1.82) is 0 Å². The number of likely N-dealkylation sites (N-methyl/N-ethyl adjacent to an activating group) is 1. The average Bonchev–Trinajstić information content (AvgIpc) is 3.34. The summed E-state index contributed by atoms with van der Waals surface area (Å²) in [6, 6.07) is 20.6. The largest absolute Gasteiger partial charge is 0.496 e. The van der Waals surface area contributed by atoms with E-state index < -0.39 is 12.0 Å². The molecule has 1 amide bonds. The summed E-state index contributed by atoms with van der Waals surface area (Å²) >= 11 is 1.27. The van der Waals surface area contributed by atoms with Crippen molar-refractivity contribution < 1.29 is 24.2 Å². The zero-order chi connectivity index (χ0) is 31.4. The number of carbonyl (C=O) groups is 2. The smallest absolute Gasteiger partial charge is 0.335 e. The van der Waals surface area contributed by atoms with Crippen LogP contribution in [0.15, 0.2) is 93.9 Å². The Kier molecular flexibility index (Phi) is 9.10. The number of carboxylic acid groups (broad SMARTS) is 1. The van der Waals surface area contributed by atoms with Crippen LogP contribution in [0.4, 0.5) is 0 Å². The molecule has 1 aliphatic rings. The predicted molar refractivity (Wildman–Crippen MR) is 169 cm³/mol. The third kappa shape index (κ3) is 6.07. The summed E-state index contributed by atoms with van der Waals surface area (Å²) in [6.07, 6.45) is 1.80. The lowest BCUT2D eigenvalue weighted by Crippen LogP contribution is -2.43. The number of ether oxygens (including phenoxy) is 2. The third-order valence-corrected chi connectivity index (χ3v) is 8.48. The lowest BCUT2D eigenvalue weighted by Gasteiger charge is -2.29. The second-order valence-corrected chi connectivity index (χ2v) is 11.2. The molecule has 0 unspecified atom stereocenters. The van der Waals surface area contributed by atoms with Gasteiger partial charge in [-0.2, -0.15) is 0 Å². The lowest BCUT2D eigenvalue weighted by molar-refractivity contribution is -0.127. The van der Waals surface area contributed by atoms with E-state index in [1.165, 1.54) is 17.4 Å². The van der Waals surface area contributed by atoms with Gasteiger partial charge in [0.15, 0.2) is 4.80 Å². The number of rotatable bonds is 10. The normalized spacial score (nSPS) is 14.5. The number of benzene rings is 3. The molecule has 226 valence electrons. The Hall–Kier alpha value is -4.96. The molecule has 3 aromatic carbocycles. The number of aromatic carboxylic acids is 1. The minimum absolute atomic E-state index is 0.160. The van der Waals surface area contributed by atoms with Crippen molar-refractivity contribution in [3.8, 4) is 11.5 Å². The minimum atomic E-state index is -0.988. The highest BCUT2D eigenvalue weighted by Gasteiger charge is 2.35. The molecule has 5 rings (SSSR count). The third-order valence-electron chi connectivity index (χ3n) is 7.49. The van der Waals surface area contributed by atoms with Crippen LogP contribution in [0.5, 0.6) is 11.5 Å². The Balaban J connectivity index is 1.50. The average molecular weight is 612 g/mol. The van der Waals surface area contributed by atoms with Gasteiger partial charge in [-0.3, -0.25) is 14.2 Å². The van der Waals surface area contributed by atoms with Crippen LogP contribution in [0.3, 0.4) is 0 Å². The van der Waals surface area contributed by atoms with E-state index in [1.807, 2.05) is 63.2 Å². The van der Waals surface area contributed by atoms with Gasteiger partial charge in [0.05, 0.1) is 28.5 Å². The number of aromatic nitrogens is 1. The number of amides is 1. The SMILES string of the molecule is CCN(CC)C(=O)C1=C(C)N=c2s/c(=C/c3ccc(OCc4cccc(C(=O)O)c4)cc3)c(=O)n2[C@@H]1c1ccccc1OC. The molecule has 1 atom stereocenters. The van der Waals surface area contributed by atoms with Gasteiger partial charge >= 0.3 is 5.97 Å². The first-order chi connectivity index (χ1) is 21.2. The minimum Gasteiger partial charge on any atom is -0.496 e. The zero-order valence-corrected chi connectivity index (χ0v) is 25.8. The van der Waals surface area contributed by atoms with E-state index in [0.717, 1.165) is 11.1 Å². The van der Waals surface area contributed by atoms with Crippen molar-refractivity contribution in [2.75, 3.05) is 20.2 Å². The Morgan fingerprint density at radius 1 is 1.05 bits per heavy atom. The maximum absolute atomic E-state index is 14.0. The molecule has 44 heavy (non-hydrogen) atoms. The van der Waals surface area contributed by atoms with Gasteiger partial charge in [0.25, 0.3) is 11.5 Å². The Labute approximate surface area is 258 Å². The van der Waals surface area contributed by atoms with Crippen molar-refractivity contribution in [1.82, 2.24) is 9.47 Å². The van der Waals surface area contributed by atoms with Gasteiger partial charge in [-0.1, -0.05) is 53.8 Å². The number of methoxy groups -OCH3 is 1. The molecule has 1 aliphatic heterocycles. The van der Waals surface area contributed by atoms with Gasteiger partial charge in [0.1, 0.15) is 24.1 Å². The molecule has 0 saturated heterocycles. The number of hydrogen-bond donors (Lipinski definition) is 1. The number of thiazole rings is 1. The molecule has 0 saturated carbocycles. The van der Waals surface area contributed by atoms with Crippen LogP contribution >= 0.6 is 11.3 Å². The molecule has 0 radical (unpaired) electrons. The summed E-state index contributed by atoms with van der Waals surface area (Å²) in [5, 5.41) is 9.21. The molecule has 0 bridgehead atoms. The number of nitrogens with zero attached hydrogens (tertiary/aromatic N) is 3. The fraction of sp³-hybridized carbons (Fsp3) is 0.235. The molecule has 0 spiro atoms. The number of para-hydroxylation sites is 1. The van der Waals surface area contributed by atoms with Gasteiger partial charge in [-0.15, -0.1) is 0 Å². The van der Waals surface area contributed by atoms with Crippen molar-refractivity contribution in [3.05, 3.63) is 126 Å². The van der Waals surface area contributed by atoms with Crippen LogP contribution in [0.2, 0.25) is 0 Å². The monoisotopic (exact) mass is 611 g/mol. The van der Waals surface area contributed by atoms with Crippen LogP contribution in [0, 0.1) is 0 Å².